The van der Waals surface area contributed by atoms with Gasteiger partial charge in [-0.25, -0.2) is 13.1 Å². The highest BCUT2D eigenvalue weighted by Crippen LogP contribution is 2.23. The first-order chi connectivity index (χ1) is 8.49. The summed E-state index contributed by atoms with van der Waals surface area (Å²) in [5, 5.41) is 0. The fraction of sp³-hybridized carbons (Fsp3) is 0.455. The van der Waals surface area contributed by atoms with E-state index in [1.165, 1.54) is 12.1 Å². The third-order valence-corrected chi connectivity index (χ3v) is 4.98. The van der Waals surface area contributed by atoms with Crippen molar-refractivity contribution in [1.29, 1.82) is 0 Å². The lowest BCUT2D eigenvalue weighted by molar-refractivity contribution is 0.186. The van der Waals surface area contributed by atoms with E-state index in [0.717, 1.165) is 6.42 Å². The van der Waals surface area contributed by atoms with Gasteiger partial charge in [0.1, 0.15) is 0 Å². The molecule has 5 nitrogen and oxygen atoms in total. The van der Waals surface area contributed by atoms with Crippen molar-refractivity contribution in [3.05, 3.63) is 22.7 Å². The monoisotopic (exact) mass is 334 g/mol. The second kappa shape index (κ2) is 5.56. The zero-order valence-corrected chi connectivity index (χ0v) is 12.1. The summed E-state index contributed by atoms with van der Waals surface area (Å²) in [5.74, 6) is 0.261. The van der Waals surface area contributed by atoms with Crippen LogP contribution in [0.3, 0.4) is 0 Å². The molecule has 0 bridgehead atoms. The largest absolute Gasteiger partial charge is 0.398 e. The van der Waals surface area contributed by atoms with Crippen LogP contribution >= 0.6 is 15.9 Å². The van der Waals surface area contributed by atoms with Crippen LogP contribution in [0.25, 0.3) is 0 Å². The Labute approximate surface area is 115 Å². The normalized spacial score (nSPS) is 20.2. The Morgan fingerprint density at radius 1 is 1.50 bits per heavy atom. The Balaban J connectivity index is 2.07. The number of nitrogens with one attached hydrogen (secondary N) is 1. The Hall–Kier alpha value is -0.630. The van der Waals surface area contributed by atoms with E-state index in [2.05, 4.69) is 20.7 Å². The third kappa shape index (κ3) is 3.23. The molecule has 3 N–H and O–H groups in total. The van der Waals surface area contributed by atoms with Crippen LogP contribution in [0, 0.1) is 5.92 Å². The van der Waals surface area contributed by atoms with E-state index < -0.39 is 10.0 Å². The van der Waals surface area contributed by atoms with Gasteiger partial charge in [-0.15, -0.1) is 0 Å². The molecule has 0 spiro atoms. The number of ether oxygens (including phenoxy) is 1. The van der Waals surface area contributed by atoms with Gasteiger partial charge in [-0.05, 0) is 46.5 Å². The first-order valence-corrected chi connectivity index (χ1v) is 7.89. The van der Waals surface area contributed by atoms with Gasteiger partial charge in [0.05, 0.1) is 11.5 Å². The van der Waals surface area contributed by atoms with Crippen molar-refractivity contribution in [2.24, 2.45) is 5.92 Å². The minimum atomic E-state index is -3.48. The van der Waals surface area contributed by atoms with Crippen molar-refractivity contribution in [2.75, 3.05) is 25.5 Å². The van der Waals surface area contributed by atoms with Crippen LogP contribution in [0.15, 0.2) is 27.6 Å². The molecule has 0 aliphatic carbocycles. The number of hydrogen-bond donors (Lipinski definition) is 2. The van der Waals surface area contributed by atoms with Crippen molar-refractivity contribution in [2.45, 2.75) is 11.3 Å². The van der Waals surface area contributed by atoms with Crippen LogP contribution in [-0.2, 0) is 14.8 Å². The molecule has 0 radical (unpaired) electrons. The zero-order chi connectivity index (χ0) is 13.2. The van der Waals surface area contributed by atoms with Crippen LogP contribution in [0.4, 0.5) is 5.69 Å². The predicted octanol–water partition coefficient (Wildman–Crippen LogP) is 1.35. The lowest BCUT2D eigenvalue weighted by Gasteiger charge is -2.11. The van der Waals surface area contributed by atoms with Gasteiger partial charge < -0.3 is 10.5 Å². The highest BCUT2D eigenvalue weighted by atomic mass is 79.9. The molecule has 0 saturated carbocycles. The van der Waals surface area contributed by atoms with Crippen LogP contribution in [0.2, 0.25) is 0 Å². The molecule has 100 valence electrons. The molecule has 1 unspecified atom stereocenters. The second-order valence-corrected chi connectivity index (χ2v) is 6.89. The van der Waals surface area contributed by atoms with Crippen molar-refractivity contribution in [3.63, 3.8) is 0 Å². The molecule has 1 fully saturated rings. The first-order valence-electron chi connectivity index (χ1n) is 5.61. The Bertz CT molecular complexity index is 527. The first kappa shape index (κ1) is 13.8. The molecule has 1 aliphatic rings. The number of anilines is 1. The Kier molecular flexibility index (Phi) is 4.26. The number of benzene rings is 1. The highest BCUT2D eigenvalue weighted by Gasteiger charge is 2.20. The van der Waals surface area contributed by atoms with Crippen LogP contribution < -0.4 is 10.5 Å². The lowest BCUT2D eigenvalue weighted by atomic mass is 10.1. The molecule has 1 heterocycles. The number of sulfonamides is 1. The zero-order valence-electron chi connectivity index (χ0n) is 9.73. The van der Waals surface area contributed by atoms with Crippen molar-refractivity contribution >= 4 is 31.6 Å². The number of nitrogens with two attached hydrogens (primary N) is 1. The van der Waals surface area contributed by atoms with Crippen molar-refractivity contribution in [1.82, 2.24) is 4.72 Å². The average molecular weight is 335 g/mol. The Morgan fingerprint density at radius 2 is 2.28 bits per heavy atom. The topological polar surface area (TPSA) is 81.4 Å². The molecule has 18 heavy (non-hydrogen) atoms. The van der Waals surface area contributed by atoms with Gasteiger partial charge in [0.2, 0.25) is 10.0 Å². The number of nitrogen functional groups attached to an aromatic ring is 1. The molecule has 1 atom stereocenters. The summed E-state index contributed by atoms with van der Waals surface area (Å²) < 4.78 is 32.5. The van der Waals surface area contributed by atoms with Gasteiger partial charge >= 0.3 is 0 Å². The summed E-state index contributed by atoms with van der Waals surface area (Å²) in [4.78, 5) is 0.211. The van der Waals surface area contributed by atoms with Crippen LogP contribution in [0.5, 0.6) is 0 Å². The van der Waals surface area contributed by atoms with E-state index >= 15 is 0 Å². The summed E-state index contributed by atoms with van der Waals surface area (Å²) in [7, 11) is -3.48. The van der Waals surface area contributed by atoms with Gasteiger partial charge in [0.15, 0.2) is 0 Å². The minimum absolute atomic E-state index is 0.211. The van der Waals surface area contributed by atoms with Gasteiger partial charge in [-0.3, -0.25) is 0 Å². The fourth-order valence-corrected chi connectivity index (χ4v) is 3.40. The maximum absolute atomic E-state index is 12.0. The van der Waals surface area contributed by atoms with E-state index in [-0.39, 0.29) is 10.8 Å². The van der Waals surface area contributed by atoms with Gasteiger partial charge in [-0.1, -0.05) is 0 Å². The van der Waals surface area contributed by atoms with E-state index in [9.17, 15) is 8.42 Å². The van der Waals surface area contributed by atoms with E-state index in [0.29, 0.717) is 29.9 Å². The molecular weight excluding hydrogens is 320 g/mol. The number of rotatable bonds is 4. The molecule has 1 saturated heterocycles. The van der Waals surface area contributed by atoms with Gasteiger partial charge in [-0.2, -0.15) is 0 Å². The molecule has 7 heteroatoms. The Morgan fingerprint density at radius 3 is 2.89 bits per heavy atom. The second-order valence-electron chi connectivity index (χ2n) is 4.26. The molecule has 1 aromatic carbocycles. The van der Waals surface area contributed by atoms with Crippen molar-refractivity contribution < 1.29 is 13.2 Å². The molecular formula is C11H15BrN2O3S. The molecule has 0 amide bonds. The number of hydrogen-bond acceptors (Lipinski definition) is 4. The van der Waals surface area contributed by atoms with E-state index in [1.807, 2.05) is 0 Å². The molecule has 1 aliphatic heterocycles. The SMILES string of the molecule is Nc1ccc(S(=O)(=O)NCC2CCOC2)cc1Br. The summed E-state index contributed by atoms with van der Waals surface area (Å²) in [6.45, 7) is 1.73. The van der Waals surface area contributed by atoms with Gasteiger partial charge in [0.25, 0.3) is 0 Å². The van der Waals surface area contributed by atoms with Crippen LogP contribution in [0.1, 0.15) is 6.42 Å². The third-order valence-electron chi connectivity index (χ3n) is 2.87. The van der Waals surface area contributed by atoms with Crippen LogP contribution in [-0.4, -0.2) is 28.2 Å². The van der Waals surface area contributed by atoms with E-state index in [4.69, 9.17) is 10.5 Å². The molecule has 0 aromatic heterocycles. The molecule has 1 aromatic rings. The van der Waals surface area contributed by atoms with Gasteiger partial charge in [0, 0.05) is 23.3 Å². The summed E-state index contributed by atoms with van der Waals surface area (Å²) >= 11 is 3.22. The summed E-state index contributed by atoms with van der Waals surface area (Å²) in [6.07, 6.45) is 0.897. The maximum atomic E-state index is 12.0. The summed E-state index contributed by atoms with van der Waals surface area (Å²) in [6, 6.07) is 4.56. The predicted molar refractivity (Wildman–Crippen MR) is 72.7 cm³/mol. The van der Waals surface area contributed by atoms with E-state index in [1.54, 1.807) is 6.07 Å². The minimum Gasteiger partial charge on any atom is -0.398 e. The maximum Gasteiger partial charge on any atom is 0.240 e. The smallest absolute Gasteiger partial charge is 0.240 e. The van der Waals surface area contributed by atoms with Crippen molar-refractivity contribution in [3.8, 4) is 0 Å². The average Bonchev–Trinajstić information content (AvgIpc) is 2.83. The fourth-order valence-electron chi connectivity index (χ4n) is 1.73. The quantitative estimate of drug-likeness (QED) is 0.814. The highest BCUT2D eigenvalue weighted by molar-refractivity contribution is 9.10. The lowest BCUT2D eigenvalue weighted by Crippen LogP contribution is -2.29. The standard InChI is InChI=1S/C11H15BrN2O3S/c12-10-5-9(1-2-11(10)13)18(15,16)14-6-8-3-4-17-7-8/h1-2,5,8,14H,3-4,6-7,13H2. The summed E-state index contributed by atoms with van der Waals surface area (Å²) in [5.41, 5.74) is 6.14. The number of halogens is 1. The molecule has 2 rings (SSSR count).